The Morgan fingerprint density at radius 2 is 2.11 bits per heavy atom. The maximum atomic E-state index is 4.06. The Kier molecular flexibility index (Phi) is 3.45. The summed E-state index contributed by atoms with van der Waals surface area (Å²) in [5, 5.41) is 0. The van der Waals surface area contributed by atoms with Gasteiger partial charge in [0.15, 0.2) is 0 Å². The second-order valence-corrected chi connectivity index (χ2v) is 1.77. The summed E-state index contributed by atoms with van der Waals surface area (Å²) in [7, 11) is 0. The third-order valence-corrected chi connectivity index (χ3v) is 0.946. The van der Waals surface area contributed by atoms with Gasteiger partial charge in [-0.2, -0.15) is 6.07 Å². The third kappa shape index (κ3) is 2.60. The van der Waals surface area contributed by atoms with Crippen LogP contribution in [0.15, 0.2) is 18.2 Å². The first-order chi connectivity index (χ1) is 3.79. The van der Waals surface area contributed by atoms with Crippen molar-refractivity contribution in [2.45, 2.75) is 6.92 Å². The van der Waals surface area contributed by atoms with Gasteiger partial charge in [0.2, 0.25) is 0 Å². The molecular formula is C7H8LiN. The standard InChI is InChI=1S/C7H8N.Li/c1-6-4-3-5-7(2)8-6;/h3-5H,1H2,2H3;/q-1;+1. The Balaban J connectivity index is 0.000000640. The van der Waals surface area contributed by atoms with E-state index in [-0.39, 0.29) is 18.9 Å². The second-order valence-electron chi connectivity index (χ2n) is 1.77. The van der Waals surface area contributed by atoms with Crippen molar-refractivity contribution in [2.24, 2.45) is 0 Å². The molecule has 0 saturated carbocycles. The Bertz CT molecular complexity index is 169. The number of nitrogens with zero attached hydrogens (tertiary/aromatic N) is 1. The zero-order valence-corrected chi connectivity index (χ0v) is 5.89. The molecule has 42 valence electrons. The van der Waals surface area contributed by atoms with Crippen LogP contribution in [0.5, 0.6) is 0 Å². The van der Waals surface area contributed by atoms with E-state index in [0.717, 1.165) is 11.4 Å². The minimum atomic E-state index is 0. The molecule has 1 rings (SSSR count). The molecule has 2 heteroatoms. The molecule has 0 N–H and O–H groups in total. The summed E-state index contributed by atoms with van der Waals surface area (Å²) in [6.07, 6.45) is 0. The summed E-state index contributed by atoms with van der Waals surface area (Å²) in [6.45, 7) is 5.62. The molecule has 0 aromatic carbocycles. The molecule has 1 heterocycles. The predicted octanol–water partition coefficient (Wildman–Crippen LogP) is -1.42. The van der Waals surface area contributed by atoms with Gasteiger partial charge in [0.1, 0.15) is 0 Å². The van der Waals surface area contributed by atoms with E-state index in [2.05, 4.69) is 11.9 Å². The molecule has 1 nitrogen and oxygen atoms in total. The van der Waals surface area contributed by atoms with E-state index in [1.807, 2.05) is 25.1 Å². The Morgan fingerprint density at radius 3 is 2.44 bits per heavy atom. The van der Waals surface area contributed by atoms with Crippen LogP contribution in [0.1, 0.15) is 11.4 Å². The molecular weight excluding hydrogens is 105 g/mol. The summed E-state index contributed by atoms with van der Waals surface area (Å²) in [4.78, 5) is 4.06. The molecule has 0 aliphatic carbocycles. The van der Waals surface area contributed by atoms with E-state index >= 15 is 0 Å². The molecule has 0 bridgehead atoms. The predicted molar refractivity (Wildman–Crippen MR) is 33.4 cm³/mol. The Morgan fingerprint density at radius 1 is 1.44 bits per heavy atom. The van der Waals surface area contributed by atoms with E-state index in [9.17, 15) is 0 Å². The van der Waals surface area contributed by atoms with Crippen molar-refractivity contribution < 1.29 is 18.9 Å². The smallest absolute Gasteiger partial charge is 0.293 e. The van der Waals surface area contributed by atoms with Gasteiger partial charge < -0.3 is 0 Å². The fourth-order valence-electron chi connectivity index (χ4n) is 0.599. The van der Waals surface area contributed by atoms with E-state index < -0.39 is 0 Å². The monoisotopic (exact) mass is 113 g/mol. The van der Waals surface area contributed by atoms with Gasteiger partial charge in [-0.05, 0) is 6.92 Å². The Labute approximate surface area is 67.7 Å². The van der Waals surface area contributed by atoms with Gasteiger partial charge in [0.25, 0.3) is 0 Å². The molecule has 0 unspecified atom stereocenters. The average Bonchev–Trinajstić information content (AvgIpc) is 1.64. The van der Waals surface area contributed by atoms with Gasteiger partial charge in [0, 0.05) is 5.69 Å². The SMILES string of the molecule is [CH2-]c1cccc(C)n1.[Li+]. The van der Waals surface area contributed by atoms with Crippen LogP contribution < -0.4 is 18.9 Å². The molecule has 0 saturated heterocycles. The van der Waals surface area contributed by atoms with E-state index in [1.165, 1.54) is 0 Å². The number of aromatic nitrogens is 1. The molecule has 9 heavy (non-hydrogen) atoms. The molecule has 0 amide bonds. The molecule has 0 aliphatic heterocycles. The second kappa shape index (κ2) is 3.61. The van der Waals surface area contributed by atoms with Crippen LogP contribution in [0, 0.1) is 13.8 Å². The van der Waals surface area contributed by atoms with Crippen LogP contribution in [0.3, 0.4) is 0 Å². The van der Waals surface area contributed by atoms with Gasteiger partial charge >= 0.3 is 18.9 Å². The number of rotatable bonds is 0. The maximum absolute atomic E-state index is 4.06. The van der Waals surface area contributed by atoms with Gasteiger partial charge in [-0.25, -0.2) is 6.92 Å². The van der Waals surface area contributed by atoms with Gasteiger partial charge in [-0.15, -0.1) is 11.8 Å². The molecule has 0 aliphatic rings. The fourth-order valence-corrected chi connectivity index (χ4v) is 0.599. The first-order valence-electron chi connectivity index (χ1n) is 2.54. The Hall–Kier alpha value is -0.383. The summed E-state index contributed by atoms with van der Waals surface area (Å²) in [5.74, 6) is 0. The van der Waals surface area contributed by atoms with Crippen molar-refractivity contribution >= 4 is 0 Å². The summed E-state index contributed by atoms with van der Waals surface area (Å²) in [6, 6.07) is 5.78. The summed E-state index contributed by atoms with van der Waals surface area (Å²) in [5.41, 5.74) is 1.86. The topological polar surface area (TPSA) is 12.9 Å². The van der Waals surface area contributed by atoms with E-state index in [4.69, 9.17) is 0 Å². The zero-order valence-electron chi connectivity index (χ0n) is 5.89. The molecule has 0 spiro atoms. The first kappa shape index (κ1) is 8.62. The largest absolute Gasteiger partial charge is 1.00 e. The van der Waals surface area contributed by atoms with Crippen LogP contribution in [0.2, 0.25) is 0 Å². The van der Waals surface area contributed by atoms with Crippen molar-refractivity contribution in [3.63, 3.8) is 0 Å². The number of hydrogen-bond acceptors (Lipinski definition) is 1. The van der Waals surface area contributed by atoms with E-state index in [1.54, 1.807) is 0 Å². The number of pyridine rings is 1. The molecule has 0 fully saturated rings. The number of hydrogen-bond donors (Lipinski definition) is 0. The van der Waals surface area contributed by atoms with Crippen molar-refractivity contribution in [1.29, 1.82) is 0 Å². The third-order valence-electron chi connectivity index (χ3n) is 0.946. The molecule has 1 aromatic rings. The van der Waals surface area contributed by atoms with Gasteiger partial charge in [-0.3, -0.25) is 4.98 Å². The van der Waals surface area contributed by atoms with Crippen molar-refractivity contribution in [3.05, 3.63) is 36.5 Å². The van der Waals surface area contributed by atoms with Crippen LogP contribution >= 0.6 is 0 Å². The molecule has 0 atom stereocenters. The van der Waals surface area contributed by atoms with Crippen LogP contribution in [-0.2, 0) is 0 Å². The number of aryl methyl sites for hydroxylation is 1. The zero-order chi connectivity index (χ0) is 5.98. The molecule has 0 radical (unpaired) electrons. The van der Waals surface area contributed by atoms with Crippen molar-refractivity contribution in [3.8, 4) is 0 Å². The molecule has 1 aromatic heterocycles. The van der Waals surface area contributed by atoms with Crippen molar-refractivity contribution in [2.75, 3.05) is 0 Å². The normalized spacial score (nSPS) is 8.11. The minimum Gasteiger partial charge on any atom is -0.293 e. The minimum absolute atomic E-state index is 0. The van der Waals surface area contributed by atoms with E-state index in [0.29, 0.717) is 0 Å². The van der Waals surface area contributed by atoms with Crippen molar-refractivity contribution in [1.82, 2.24) is 4.98 Å². The summed E-state index contributed by atoms with van der Waals surface area (Å²) < 4.78 is 0. The maximum Gasteiger partial charge on any atom is 1.00 e. The van der Waals surface area contributed by atoms with Crippen LogP contribution in [0.4, 0.5) is 0 Å². The van der Waals surface area contributed by atoms with Gasteiger partial charge in [0.05, 0.1) is 0 Å². The van der Waals surface area contributed by atoms with Crippen LogP contribution in [0.25, 0.3) is 0 Å². The first-order valence-corrected chi connectivity index (χ1v) is 2.54. The van der Waals surface area contributed by atoms with Crippen LogP contribution in [-0.4, -0.2) is 4.98 Å². The quantitative estimate of drug-likeness (QED) is 0.297. The average molecular weight is 113 g/mol. The summed E-state index contributed by atoms with van der Waals surface area (Å²) >= 11 is 0. The van der Waals surface area contributed by atoms with Gasteiger partial charge in [-0.1, -0.05) is 6.07 Å². The fraction of sp³-hybridized carbons (Fsp3) is 0.143.